The van der Waals surface area contributed by atoms with E-state index in [1.807, 2.05) is 53.8 Å². The van der Waals surface area contributed by atoms with E-state index in [0.29, 0.717) is 36.0 Å². The summed E-state index contributed by atoms with van der Waals surface area (Å²) in [7, 11) is 0. The maximum absolute atomic E-state index is 13.0. The zero-order chi connectivity index (χ0) is 22.9. The molecular formula is C25H25ClN6O. The molecule has 0 saturated carbocycles. The monoisotopic (exact) mass is 460 g/mol. The molecule has 3 heterocycles. The predicted molar refractivity (Wildman–Crippen MR) is 130 cm³/mol. The van der Waals surface area contributed by atoms with Gasteiger partial charge in [0, 0.05) is 36.8 Å². The second kappa shape index (κ2) is 8.83. The maximum Gasteiger partial charge on any atom is 0.253 e. The lowest BCUT2D eigenvalue weighted by atomic mass is 10.2. The fraction of sp³-hybridized carbons (Fsp3) is 0.280. The van der Waals surface area contributed by atoms with Crippen LogP contribution in [0.5, 0.6) is 0 Å². The Labute approximate surface area is 197 Å². The van der Waals surface area contributed by atoms with Gasteiger partial charge in [-0.2, -0.15) is 5.10 Å². The lowest BCUT2D eigenvalue weighted by Gasteiger charge is -2.24. The number of benzene rings is 2. The minimum Gasteiger partial charge on any atom is -0.354 e. The molecular weight excluding hydrogens is 436 g/mol. The Kier molecular flexibility index (Phi) is 5.72. The first-order valence-electron chi connectivity index (χ1n) is 11.1. The first kappa shape index (κ1) is 21.4. The van der Waals surface area contributed by atoms with Crippen molar-refractivity contribution in [2.24, 2.45) is 0 Å². The summed E-state index contributed by atoms with van der Waals surface area (Å²) < 4.78 is 1.89. The molecule has 2 aromatic carbocycles. The highest BCUT2D eigenvalue weighted by Gasteiger charge is 2.25. The molecule has 0 bridgehead atoms. The maximum atomic E-state index is 13.0. The number of carbonyl (C=O) groups excluding carboxylic acids is 1. The summed E-state index contributed by atoms with van der Waals surface area (Å²) in [4.78, 5) is 26.7. The van der Waals surface area contributed by atoms with Crippen LogP contribution < -0.4 is 4.90 Å². The van der Waals surface area contributed by atoms with Crippen LogP contribution in [-0.4, -0.2) is 56.7 Å². The molecule has 0 N–H and O–H groups in total. The molecule has 0 radical (unpaired) electrons. The van der Waals surface area contributed by atoms with Crippen LogP contribution in [-0.2, 0) is 0 Å². The van der Waals surface area contributed by atoms with Crippen LogP contribution in [0.2, 0.25) is 5.02 Å². The zero-order valence-corrected chi connectivity index (χ0v) is 19.5. The van der Waals surface area contributed by atoms with Crippen LogP contribution in [0.4, 0.5) is 5.82 Å². The number of halogens is 1. The molecule has 168 valence electrons. The Bertz CT molecular complexity index is 1300. The minimum absolute atomic E-state index is 0.0330. The molecule has 4 aromatic rings. The summed E-state index contributed by atoms with van der Waals surface area (Å²) in [6.45, 7) is 6.74. The molecule has 1 saturated heterocycles. The molecule has 1 amide bonds. The molecule has 33 heavy (non-hydrogen) atoms. The third kappa shape index (κ3) is 4.16. The van der Waals surface area contributed by atoms with Gasteiger partial charge in [0.05, 0.1) is 16.8 Å². The average molecular weight is 461 g/mol. The number of aromatic nitrogens is 4. The lowest BCUT2D eigenvalue weighted by molar-refractivity contribution is 0.0767. The van der Waals surface area contributed by atoms with E-state index in [1.54, 1.807) is 24.3 Å². The summed E-state index contributed by atoms with van der Waals surface area (Å²) >= 11 is 5.98. The second-order valence-electron chi connectivity index (χ2n) is 8.27. The van der Waals surface area contributed by atoms with E-state index >= 15 is 0 Å². The van der Waals surface area contributed by atoms with Crippen LogP contribution in [0.3, 0.4) is 0 Å². The van der Waals surface area contributed by atoms with Gasteiger partial charge in [0.15, 0.2) is 5.65 Å². The SMILES string of the molecule is Cc1nc(N2CCCN(C(=O)c3ccc(Cl)cc3)CC2)c2c(C)nn(-c3ccccc3)c2n1. The van der Waals surface area contributed by atoms with Crippen molar-refractivity contribution in [3.63, 3.8) is 0 Å². The lowest BCUT2D eigenvalue weighted by Crippen LogP contribution is -2.35. The Morgan fingerprint density at radius 2 is 1.67 bits per heavy atom. The van der Waals surface area contributed by atoms with Crippen molar-refractivity contribution in [2.75, 3.05) is 31.1 Å². The predicted octanol–water partition coefficient (Wildman–Crippen LogP) is 4.44. The molecule has 8 heteroatoms. The van der Waals surface area contributed by atoms with Gasteiger partial charge in [0.2, 0.25) is 0 Å². The van der Waals surface area contributed by atoms with Gasteiger partial charge in [-0.25, -0.2) is 14.6 Å². The van der Waals surface area contributed by atoms with E-state index < -0.39 is 0 Å². The van der Waals surface area contributed by atoms with E-state index in [9.17, 15) is 4.79 Å². The fourth-order valence-electron chi connectivity index (χ4n) is 4.35. The van der Waals surface area contributed by atoms with Crippen molar-refractivity contribution >= 4 is 34.4 Å². The van der Waals surface area contributed by atoms with Gasteiger partial charge < -0.3 is 9.80 Å². The normalized spacial score (nSPS) is 14.5. The Balaban J connectivity index is 1.45. The average Bonchev–Trinajstić information content (AvgIpc) is 2.99. The van der Waals surface area contributed by atoms with Crippen LogP contribution in [0, 0.1) is 13.8 Å². The quantitative estimate of drug-likeness (QED) is 0.452. The van der Waals surface area contributed by atoms with Crippen molar-refractivity contribution in [1.82, 2.24) is 24.6 Å². The molecule has 5 rings (SSSR count). The van der Waals surface area contributed by atoms with E-state index in [-0.39, 0.29) is 5.91 Å². The highest BCUT2D eigenvalue weighted by Crippen LogP contribution is 2.29. The summed E-state index contributed by atoms with van der Waals surface area (Å²) in [6, 6.07) is 17.1. The summed E-state index contributed by atoms with van der Waals surface area (Å²) in [6.07, 6.45) is 0.857. The molecule has 0 unspecified atom stereocenters. The van der Waals surface area contributed by atoms with Gasteiger partial charge in [-0.05, 0) is 56.7 Å². The molecule has 7 nitrogen and oxygen atoms in total. The van der Waals surface area contributed by atoms with Crippen molar-refractivity contribution in [3.05, 3.63) is 76.7 Å². The standard InChI is InChI=1S/C25H25ClN6O/c1-17-22-23(27-18(2)28-24(22)32(29-17)21-7-4-3-5-8-21)30-13-6-14-31(16-15-30)25(33)19-9-11-20(26)12-10-19/h3-5,7-12H,6,13-16H2,1-2H3. The number of anilines is 1. The van der Waals surface area contributed by atoms with Crippen molar-refractivity contribution in [3.8, 4) is 5.69 Å². The largest absolute Gasteiger partial charge is 0.354 e. The zero-order valence-electron chi connectivity index (χ0n) is 18.7. The van der Waals surface area contributed by atoms with E-state index in [2.05, 4.69) is 4.90 Å². The van der Waals surface area contributed by atoms with Gasteiger partial charge in [0.25, 0.3) is 5.91 Å². The molecule has 0 spiro atoms. The first-order chi connectivity index (χ1) is 16.0. The van der Waals surface area contributed by atoms with E-state index in [4.69, 9.17) is 26.7 Å². The number of aryl methyl sites for hydroxylation is 2. The number of hydrogen-bond donors (Lipinski definition) is 0. The number of hydrogen-bond acceptors (Lipinski definition) is 5. The van der Waals surface area contributed by atoms with Crippen LogP contribution >= 0.6 is 11.6 Å². The first-order valence-corrected chi connectivity index (χ1v) is 11.5. The summed E-state index contributed by atoms with van der Waals surface area (Å²) in [5, 5.41) is 6.37. The Morgan fingerprint density at radius 3 is 2.42 bits per heavy atom. The Morgan fingerprint density at radius 1 is 0.909 bits per heavy atom. The van der Waals surface area contributed by atoms with Crippen molar-refractivity contribution in [1.29, 1.82) is 0 Å². The number of fused-ring (bicyclic) bond motifs is 1. The highest BCUT2D eigenvalue weighted by molar-refractivity contribution is 6.30. The topological polar surface area (TPSA) is 67.2 Å². The third-order valence-corrected chi connectivity index (χ3v) is 6.22. The molecule has 1 aliphatic heterocycles. The van der Waals surface area contributed by atoms with E-state index in [0.717, 1.165) is 41.2 Å². The molecule has 1 aliphatic rings. The number of amides is 1. The van der Waals surface area contributed by atoms with Crippen molar-refractivity contribution < 1.29 is 4.79 Å². The second-order valence-corrected chi connectivity index (χ2v) is 8.70. The minimum atomic E-state index is 0.0330. The molecule has 0 atom stereocenters. The summed E-state index contributed by atoms with van der Waals surface area (Å²) in [5.41, 5.74) is 3.32. The third-order valence-electron chi connectivity index (χ3n) is 5.97. The number of carbonyl (C=O) groups is 1. The fourth-order valence-corrected chi connectivity index (χ4v) is 4.48. The van der Waals surface area contributed by atoms with Gasteiger partial charge in [-0.3, -0.25) is 4.79 Å². The van der Waals surface area contributed by atoms with E-state index in [1.165, 1.54) is 0 Å². The smallest absolute Gasteiger partial charge is 0.253 e. The Hall–Kier alpha value is -3.45. The number of para-hydroxylation sites is 1. The highest BCUT2D eigenvalue weighted by atomic mass is 35.5. The van der Waals surface area contributed by atoms with Crippen LogP contribution in [0.1, 0.15) is 28.3 Å². The summed E-state index contributed by atoms with van der Waals surface area (Å²) in [5.74, 6) is 1.62. The van der Waals surface area contributed by atoms with Gasteiger partial charge >= 0.3 is 0 Å². The van der Waals surface area contributed by atoms with Crippen LogP contribution in [0.15, 0.2) is 54.6 Å². The number of rotatable bonds is 3. The van der Waals surface area contributed by atoms with Crippen LogP contribution in [0.25, 0.3) is 16.7 Å². The number of nitrogens with zero attached hydrogens (tertiary/aromatic N) is 6. The van der Waals surface area contributed by atoms with Gasteiger partial charge in [-0.15, -0.1) is 0 Å². The van der Waals surface area contributed by atoms with Gasteiger partial charge in [-0.1, -0.05) is 29.8 Å². The molecule has 1 fully saturated rings. The molecule has 0 aliphatic carbocycles. The molecule has 2 aromatic heterocycles. The van der Waals surface area contributed by atoms with Gasteiger partial charge in [0.1, 0.15) is 11.6 Å². The van der Waals surface area contributed by atoms with Crippen molar-refractivity contribution in [2.45, 2.75) is 20.3 Å².